The molecule has 0 atom stereocenters. The summed E-state index contributed by atoms with van der Waals surface area (Å²) in [5.41, 5.74) is 3.26. The molecule has 1 radical (unpaired) electrons. The van der Waals surface area contributed by atoms with Crippen LogP contribution in [0.5, 0.6) is 0 Å². The third-order valence-corrected chi connectivity index (χ3v) is 1.81. The van der Waals surface area contributed by atoms with Crippen LogP contribution in [-0.4, -0.2) is 9.55 Å². The van der Waals surface area contributed by atoms with Crippen molar-refractivity contribution >= 4 is 11.0 Å². The van der Waals surface area contributed by atoms with Crippen LogP contribution in [0.3, 0.4) is 0 Å². The maximum atomic E-state index is 4.14. The van der Waals surface area contributed by atoms with Crippen molar-refractivity contribution in [2.24, 2.45) is 7.05 Å². The van der Waals surface area contributed by atoms with Crippen LogP contribution in [0.1, 0.15) is 5.56 Å². The van der Waals surface area contributed by atoms with Crippen LogP contribution >= 0.6 is 0 Å². The Bertz CT molecular complexity index is 397. The fourth-order valence-corrected chi connectivity index (χ4v) is 1.16. The molecule has 0 aliphatic heterocycles. The SMILES string of the molecule is Cc1c[c-]cc2c1n[c-]n2C.[W].[Y]. The standard InChI is InChI=1S/C9H8N2.W.Y/c1-7-4-3-5-8-9(7)10-6-11(8)2;;/h4-5H,1-2H3;;/q-2;;. The minimum atomic E-state index is 0. The fourth-order valence-electron chi connectivity index (χ4n) is 1.16. The van der Waals surface area contributed by atoms with E-state index in [-0.39, 0.29) is 53.8 Å². The molecule has 4 heteroatoms. The van der Waals surface area contributed by atoms with Gasteiger partial charge in [0.1, 0.15) is 0 Å². The summed E-state index contributed by atoms with van der Waals surface area (Å²) in [6, 6.07) is 6.91. The number of hydrogen-bond acceptors (Lipinski definition) is 1. The fraction of sp³-hybridized carbons (Fsp3) is 0.222. The topological polar surface area (TPSA) is 17.8 Å². The molecule has 65 valence electrons. The average molecular weight is 417 g/mol. The van der Waals surface area contributed by atoms with Gasteiger partial charge in [-0.25, -0.2) is 0 Å². The second-order valence-corrected chi connectivity index (χ2v) is 2.64. The van der Waals surface area contributed by atoms with Gasteiger partial charge in [-0.3, -0.25) is 0 Å². The van der Waals surface area contributed by atoms with Gasteiger partial charge in [0.25, 0.3) is 0 Å². The molecule has 0 saturated carbocycles. The van der Waals surface area contributed by atoms with E-state index < -0.39 is 0 Å². The molecule has 1 heterocycles. The van der Waals surface area contributed by atoms with Crippen molar-refractivity contribution in [3.63, 3.8) is 0 Å². The van der Waals surface area contributed by atoms with Gasteiger partial charge >= 0.3 is 0 Å². The second kappa shape index (κ2) is 5.38. The van der Waals surface area contributed by atoms with Gasteiger partial charge in [0.05, 0.1) is 0 Å². The van der Waals surface area contributed by atoms with Crippen molar-refractivity contribution in [2.45, 2.75) is 6.92 Å². The van der Waals surface area contributed by atoms with E-state index in [9.17, 15) is 0 Å². The van der Waals surface area contributed by atoms with Gasteiger partial charge in [0, 0.05) is 60.1 Å². The summed E-state index contributed by atoms with van der Waals surface area (Å²) in [4.78, 5) is 4.14. The molecule has 1 aromatic heterocycles. The zero-order chi connectivity index (χ0) is 7.84. The van der Waals surface area contributed by atoms with E-state index in [1.807, 2.05) is 30.7 Å². The van der Waals surface area contributed by atoms with Gasteiger partial charge in [-0.05, 0) is 7.05 Å². The first kappa shape index (κ1) is 13.5. The normalized spacial score (nSPS) is 9.08. The summed E-state index contributed by atoms with van der Waals surface area (Å²) in [6.45, 7) is 2.03. The molecule has 2 aromatic rings. The van der Waals surface area contributed by atoms with E-state index in [1.54, 1.807) is 0 Å². The van der Waals surface area contributed by atoms with E-state index in [2.05, 4.69) is 17.4 Å². The van der Waals surface area contributed by atoms with Crippen molar-refractivity contribution in [3.8, 4) is 0 Å². The molecule has 0 saturated heterocycles. The minimum Gasteiger partial charge on any atom is -0.452 e. The Balaban J connectivity index is 0.000000720. The Hall–Kier alpha value is 0.482. The molecule has 0 fully saturated rings. The molecule has 0 N–H and O–H groups in total. The predicted molar refractivity (Wildman–Crippen MR) is 43.1 cm³/mol. The molecule has 13 heavy (non-hydrogen) atoms. The van der Waals surface area contributed by atoms with Crippen LogP contribution in [0.25, 0.3) is 11.0 Å². The predicted octanol–water partition coefficient (Wildman–Crippen LogP) is 1.48. The Kier molecular flexibility index (Phi) is 5.58. The van der Waals surface area contributed by atoms with E-state index in [4.69, 9.17) is 0 Å². The molecule has 0 amide bonds. The van der Waals surface area contributed by atoms with Crippen molar-refractivity contribution in [1.82, 2.24) is 9.55 Å². The largest absolute Gasteiger partial charge is 0.452 e. The number of fused-ring (bicyclic) bond motifs is 1. The first-order chi connectivity index (χ1) is 5.29. The Morgan fingerprint density at radius 1 is 1.38 bits per heavy atom. The van der Waals surface area contributed by atoms with E-state index in [0.717, 1.165) is 16.6 Å². The maximum absolute atomic E-state index is 4.14. The van der Waals surface area contributed by atoms with Gasteiger partial charge in [-0.1, -0.05) is 6.92 Å². The summed E-state index contributed by atoms with van der Waals surface area (Å²) < 4.78 is 1.87. The first-order valence-electron chi connectivity index (χ1n) is 3.50. The Labute approximate surface area is 117 Å². The van der Waals surface area contributed by atoms with Crippen LogP contribution < -0.4 is 0 Å². The van der Waals surface area contributed by atoms with Crippen LogP contribution in [0.2, 0.25) is 0 Å². The number of aryl methyl sites for hydroxylation is 2. The number of hydrogen-bond donors (Lipinski definition) is 0. The van der Waals surface area contributed by atoms with Crippen molar-refractivity contribution < 1.29 is 53.8 Å². The Morgan fingerprint density at radius 3 is 2.69 bits per heavy atom. The second-order valence-electron chi connectivity index (χ2n) is 2.64. The zero-order valence-electron chi connectivity index (χ0n) is 7.53. The molecule has 0 unspecified atom stereocenters. The van der Waals surface area contributed by atoms with E-state index in [0.29, 0.717) is 0 Å². The summed E-state index contributed by atoms with van der Waals surface area (Å²) in [6.07, 6.45) is 2.86. The van der Waals surface area contributed by atoms with Crippen molar-refractivity contribution in [1.29, 1.82) is 0 Å². The molecule has 0 spiro atoms. The molecule has 0 aliphatic carbocycles. The smallest absolute Gasteiger partial charge is 0.000187 e. The van der Waals surface area contributed by atoms with Gasteiger partial charge < -0.3 is 9.55 Å². The number of benzene rings is 1. The number of imidazole rings is 1. The van der Waals surface area contributed by atoms with Crippen LogP contribution in [0, 0.1) is 19.3 Å². The van der Waals surface area contributed by atoms with E-state index >= 15 is 0 Å². The van der Waals surface area contributed by atoms with Gasteiger partial charge in [0.15, 0.2) is 0 Å². The third kappa shape index (κ3) is 2.49. The molecular formula is C9H8N2WY-2. The van der Waals surface area contributed by atoms with Crippen molar-refractivity contribution in [2.75, 3.05) is 0 Å². The Morgan fingerprint density at radius 2 is 2.08 bits per heavy atom. The van der Waals surface area contributed by atoms with Gasteiger partial charge in [0.2, 0.25) is 0 Å². The summed E-state index contributed by atoms with van der Waals surface area (Å²) in [7, 11) is 1.93. The molecule has 0 aliphatic rings. The molecular weight excluding hydrogens is 409 g/mol. The van der Waals surface area contributed by atoms with E-state index in [1.165, 1.54) is 0 Å². The zero-order valence-corrected chi connectivity index (χ0v) is 13.3. The first-order valence-corrected chi connectivity index (χ1v) is 3.50. The number of rotatable bonds is 0. The molecule has 2 rings (SSSR count). The monoisotopic (exact) mass is 417 g/mol. The molecule has 0 bridgehead atoms. The average Bonchev–Trinajstić information content (AvgIpc) is 2.35. The molecule has 2 nitrogen and oxygen atoms in total. The molecule has 1 aromatic carbocycles. The number of aromatic nitrogens is 2. The summed E-state index contributed by atoms with van der Waals surface area (Å²) in [5.74, 6) is 0. The van der Waals surface area contributed by atoms with Gasteiger partial charge in [-0.2, -0.15) is 23.8 Å². The van der Waals surface area contributed by atoms with Crippen LogP contribution in [0.4, 0.5) is 0 Å². The van der Waals surface area contributed by atoms with Crippen LogP contribution in [-0.2, 0) is 60.8 Å². The third-order valence-electron chi connectivity index (χ3n) is 1.81. The summed E-state index contributed by atoms with van der Waals surface area (Å²) in [5, 5.41) is 0. The van der Waals surface area contributed by atoms with Crippen LogP contribution in [0.15, 0.2) is 12.1 Å². The maximum Gasteiger partial charge on any atom is 0.000187 e. The van der Waals surface area contributed by atoms with Gasteiger partial charge in [-0.15, -0.1) is 11.0 Å². The van der Waals surface area contributed by atoms with Crippen molar-refractivity contribution in [3.05, 3.63) is 30.1 Å². The summed E-state index contributed by atoms with van der Waals surface area (Å²) >= 11 is 0. The quantitative estimate of drug-likeness (QED) is 0.595. The minimum absolute atomic E-state index is 0. The number of nitrogens with zero attached hydrogens (tertiary/aromatic N) is 2.